The average molecular weight is 277 g/mol. The van der Waals surface area contributed by atoms with Gasteiger partial charge in [-0.3, -0.25) is 19.7 Å². The van der Waals surface area contributed by atoms with Gasteiger partial charge in [0.1, 0.15) is 11.8 Å². The van der Waals surface area contributed by atoms with E-state index in [1.807, 2.05) is 0 Å². The molecular formula is C13H11NO4S. The number of carbonyl (C=O) groups excluding carboxylic acids is 2. The number of thioether (sulfide) groups is 1. The van der Waals surface area contributed by atoms with Crippen molar-refractivity contribution in [3.63, 3.8) is 0 Å². The molecule has 0 heterocycles. The minimum Gasteiger partial charge on any atom is -0.298 e. The highest BCUT2D eigenvalue weighted by Crippen LogP contribution is 2.18. The van der Waals surface area contributed by atoms with Crippen molar-refractivity contribution < 1.29 is 14.5 Å². The molecule has 0 aromatic heterocycles. The summed E-state index contributed by atoms with van der Waals surface area (Å²) in [5.74, 6) is 6.02. The van der Waals surface area contributed by atoms with Crippen LogP contribution in [0.4, 0.5) is 5.69 Å². The van der Waals surface area contributed by atoms with Crippen molar-refractivity contribution in [2.24, 2.45) is 0 Å². The molecule has 0 fully saturated rings. The summed E-state index contributed by atoms with van der Waals surface area (Å²) in [6.07, 6.45) is 1.02. The fourth-order valence-corrected chi connectivity index (χ4v) is 1.77. The topological polar surface area (TPSA) is 77.3 Å². The van der Waals surface area contributed by atoms with Crippen LogP contribution in [0.5, 0.6) is 0 Å². The van der Waals surface area contributed by atoms with Gasteiger partial charge >= 0.3 is 0 Å². The number of benzene rings is 1. The minimum atomic E-state index is -0.568. The third-order valence-corrected chi connectivity index (χ3v) is 2.92. The summed E-state index contributed by atoms with van der Waals surface area (Å²) >= 11 is 1.16. The second kappa shape index (κ2) is 7.34. The summed E-state index contributed by atoms with van der Waals surface area (Å²) < 4.78 is 0. The van der Waals surface area contributed by atoms with Gasteiger partial charge in [-0.15, -0.1) is 0 Å². The van der Waals surface area contributed by atoms with Crippen molar-refractivity contribution in [1.29, 1.82) is 0 Å². The van der Waals surface area contributed by atoms with Gasteiger partial charge < -0.3 is 0 Å². The van der Waals surface area contributed by atoms with Crippen LogP contribution in [-0.4, -0.2) is 22.1 Å². The number of nitro benzene ring substituents is 1. The first-order valence-electron chi connectivity index (χ1n) is 5.40. The smallest absolute Gasteiger partial charge is 0.285 e. The first kappa shape index (κ1) is 14.9. The summed E-state index contributed by atoms with van der Waals surface area (Å²) in [7, 11) is 0. The van der Waals surface area contributed by atoms with Crippen molar-refractivity contribution in [2.45, 2.75) is 13.3 Å². The molecule has 0 saturated heterocycles. The van der Waals surface area contributed by atoms with Gasteiger partial charge in [0, 0.05) is 30.7 Å². The van der Waals surface area contributed by atoms with Gasteiger partial charge in [0.05, 0.1) is 4.92 Å². The number of hydrogen-bond donors (Lipinski definition) is 0. The molecular weight excluding hydrogens is 266 g/mol. The van der Waals surface area contributed by atoms with Crippen molar-refractivity contribution in [3.05, 3.63) is 39.4 Å². The molecule has 0 saturated carbocycles. The Bertz CT molecular complexity index is 572. The van der Waals surface area contributed by atoms with Crippen LogP contribution in [0.3, 0.4) is 0 Å². The van der Waals surface area contributed by atoms with Crippen LogP contribution in [-0.2, 0) is 4.79 Å². The van der Waals surface area contributed by atoms with Crippen LogP contribution >= 0.6 is 11.8 Å². The Kier molecular flexibility index (Phi) is 5.76. The van der Waals surface area contributed by atoms with Crippen LogP contribution in [0.1, 0.15) is 29.3 Å². The lowest BCUT2D eigenvalue weighted by Crippen LogP contribution is -1.94. The third kappa shape index (κ3) is 4.94. The molecule has 0 aliphatic carbocycles. The quantitative estimate of drug-likeness (QED) is 0.278. The molecule has 19 heavy (non-hydrogen) atoms. The first-order chi connectivity index (χ1) is 9.04. The fourth-order valence-electron chi connectivity index (χ4n) is 1.28. The lowest BCUT2D eigenvalue weighted by atomic mass is 10.1. The highest BCUT2D eigenvalue weighted by Gasteiger charge is 2.12. The van der Waals surface area contributed by atoms with Crippen molar-refractivity contribution in [1.82, 2.24) is 0 Å². The molecule has 98 valence electrons. The zero-order valence-electron chi connectivity index (χ0n) is 10.2. The van der Waals surface area contributed by atoms with E-state index in [0.717, 1.165) is 11.8 Å². The molecule has 0 amide bonds. The highest BCUT2D eigenvalue weighted by atomic mass is 32.2. The van der Waals surface area contributed by atoms with Gasteiger partial charge in [0.2, 0.25) is 0 Å². The van der Waals surface area contributed by atoms with Crippen LogP contribution in [0.25, 0.3) is 0 Å². The number of nitrogens with zero attached hydrogens (tertiary/aromatic N) is 1. The predicted molar refractivity (Wildman–Crippen MR) is 73.1 cm³/mol. The Hall–Kier alpha value is -2.13. The van der Waals surface area contributed by atoms with E-state index in [1.54, 1.807) is 0 Å². The normalized spacial score (nSPS) is 9.32. The van der Waals surface area contributed by atoms with Crippen LogP contribution in [0.15, 0.2) is 18.2 Å². The molecule has 0 unspecified atom stereocenters. The van der Waals surface area contributed by atoms with E-state index in [1.165, 1.54) is 25.1 Å². The lowest BCUT2D eigenvalue weighted by molar-refractivity contribution is -0.385. The molecule has 0 atom stereocenters. The Labute approximate surface area is 114 Å². The van der Waals surface area contributed by atoms with Crippen molar-refractivity contribution >= 4 is 28.9 Å². The molecule has 1 rings (SSSR count). The first-order valence-corrected chi connectivity index (χ1v) is 6.39. The maximum absolute atomic E-state index is 10.8. The molecule has 1 aromatic rings. The zero-order valence-corrected chi connectivity index (χ0v) is 11.0. The van der Waals surface area contributed by atoms with E-state index in [-0.39, 0.29) is 21.9 Å². The molecule has 6 heteroatoms. The molecule has 0 spiro atoms. The van der Waals surface area contributed by atoms with Gasteiger partial charge in [-0.05, 0) is 12.1 Å². The molecule has 0 aliphatic rings. The predicted octanol–water partition coefficient (Wildman–Crippen LogP) is 2.43. The van der Waals surface area contributed by atoms with E-state index in [4.69, 9.17) is 0 Å². The molecule has 0 bridgehead atoms. The summed E-state index contributed by atoms with van der Waals surface area (Å²) in [5.41, 5.74) is 0.323. The van der Waals surface area contributed by atoms with Gasteiger partial charge in [0.15, 0.2) is 5.12 Å². The molecule has 1 aromatic carbocycles. The maximum atomic E-state index is 10.8. The van der Waals surface area contributed by atoms with Gasteiger partial charge in [0.25, 0.3) is 5.69 Å². The van der Waals surface area contributed by atoms with Gasteiger partial charge in [-0.25, -0.2) is 0 Å². The van der Waals surface area contributed by atoms with Crippen LogP contribution in [0, 0.1) is 22.0 Å². The van der Waals surface area contributed by atoms with E-state index in [0.29, 0.717) is 18.5 Å². The fraction of sp³-hybridized carbons (Fsp3) is 0.231. The number of rotatable bonds is 4. The Morgan fingerprint density at radius 1 is 1.53 bits per heavy atom. The van der Waals surface area contributed by atoms with E-state index < -0.39 is 4.92 Å². The highest BCUT2D eigenvalue weighted by molar-refractivity contribution is 8.13. The molecule has 0 N–H and O–H groups in total. The van der Waals surface area contributed by atoms with Gasteiger partial charge in [-0.1, -0.05) is 23.6 Å². The maximum Gasteiger partial charge on any atom is 0.285 e. The third-order valence-electron chi connectivity index (χ3n) is 2.11. The molecule has 5 nitrogen and oxygen atoms in total. The molecule has 0 aliphatic heterocycles. The number of aldehydes is 1. The Balaban J connectivity index is 2.83. The second-order valence-electron chi connectivity index (χ2n) is 3.54. The largest absolute Gasteiger partial charge is 0.298 e. The van der Waals surface area contributed by atoms with E-state index >= 15 is 0 Å². The summed E-state index contributed by atoms with van der Waals surface area (Å²) in [5, 5.41) is 10.9. The minimum absolute atomic E-state index is 0.0168. The average Bonchev–Trinajstić information content (AvgIpc) is 2.38. The van der Waals surface area contributed by atoms with Crippen molar-refractivity contribution in [2.75, 3.05) is 5.75 Å². The summed E-state index contributed by atoms with van der Waals surface area (Å²) in [6.45, 7) is 1.47. The molecule has 0 radical (unpaired) electrons. The summed E-state index contributed by atoms with van der Waals surface area (Å²) in [6, 6.07) is 4.13. The number of hydrogen-bond acceptors (Lipinski definition) is 5. The van der Waals surface area contributed by atoms with Crippen LogP contribution in [0.2, 0.25) is 0 Å². The van der Waals surface area contributed by atoms with Gasteiger partial charge in [-0.2, -0.15) is 0 Å². The number of carbonyl (C=O) groups is 2. The lowest BCUT2D eigenvalue weighted by Gasteiger charge is -1.96. The van der Waals surface area contributed by atoms with E-state index in [9.17, 15) is 19.7 Å². The zero-order chi connectivity index (χ0) is 14.3. The summed E-state index contributed by atoms with van der Waals surface area (Å²) in [4.78, 5) is 31.5. The van der Waals surface area contributed by atoms with Crippen LogP contribution < -0.4 is 0 Å². The van der Waals surface area contributed by atoms with E-state index in [2.05, 4.69) is 11.8 Å². The Morgan fingerprint density at radius 3 is 2.84 bits per heavy atom. The SMILES string of the molecule is CC(=O)SCCC#Cc1ccc(C=O)cc1[N+](=O)[O-]. The standard InChI is InChI=1S/C13H11NO4S/c1-10(16)19-7-3-2-4-12-6-5-11(9-15)8-13(12)14(17)18/h5-6,8-9H,3,7H2,1H3. The van der Waals surface area contributed by atoms with Crippen molar-refractivity contribution in [3.8, 4) is 11.8 Å². The monoisotopic (exact) mass is 277 g/mol. The number of nitro groups is 1. The second-order valence-corrected chi connectivity index (χ2v) is 4.82. The Morgan fingerprint density at radius 2 is 2.26 bits per heavy atom.